The highest BCUT2D eigenvalue weighted by Crippen LogP contribution is 2.25. The fourth-order valence-corrected chi connectivity index (χ4v) is 3.59. The zero-order valence-corrected chi connectivity index (χ0v) is 15.6. The molecular weight excluding hydrogens is 376 g/mol. The molecule has 0 atom stereocenters. The van der Waals surface area contributed by atoms with Gasteiger partial charge in [-0.2, -0.15) is 0 Å². The summed E-state index contributed by atoms with van der Waals surface area (Å²) in [6.45, 7) is 1.63. The second kappa shape index (κ2) is 6.93. The molecule has 0 aliphatic carbocycles. The molecule has 26 heavy (non-hydrogen) atoms. The number of nitrogens with one attached hydrogen (secondary N) is 1. The van der Waals surface area contributed by atoms with E-state index in [-0.39, 0.29) is 10.6 Å². The highest BCUT2D eigenvalue weighted by Gasteiger charge is 2.18. The van der Waals surface area contributed by atoms with Crippen LogP contribution in [0, 0.1) is 6.92 Å². The number of amides is 1. The van der Waals surface area contributed by atoms with Crippen LogP contribution in [0.25, 0.3) is 11.3 Å². The van der Waals surface area contributed by atoms with E-state index in [0.717, 1.165) is 11.8 Å². The second-order valence-corrected chi connectivity index (χ2v) is 8.16. The van der Waals surface area contributed by atoms with Crippen LogP contribution in [0.4, 0.5) is 5.69 Å². The predicted octanol–water partition coefficient (Wildman–Crippen LogP) is 3.96. The maximum atomic E-state index is 12.4. The number of hydrogen-bond donors (Lipinski definition) is 1. The number of rotatable bonds is 4. The smallest absolute Gasteiger partial charge is 0.277 e. The average Bonchev–Trinajstić information content (AvgIpc) is 3.06. The lowest BCUT2D eigenvalue weighted by Gasteiger charge is -2.10. The summed E-state index contributed by atoms with van der Waals surface area (Å²) >= 11 is 5.85. The number of anilines is 1. The number of sulfone groups is 1. The molecule has 0 bridgehead atoms. The zero-order valence-electron chi connectivity index (χ0n) is 14.0. The highest BCUT2D eigenvalue weighted by atomic mass is 35.5. The summed E-state index contributed by atoms with van der Waals surface area (Å²) in [5.74, 6) is -0.0730. The predicted molar refractivity (Wildman–Crippen MR) is 99.2 cm³/mol. The van der Waals surface area contributed by atoms with E-state index < -0.39 is 15.7 Å². The van der Waals surface area contributed by atoms with Gasteiger partial charge in [-0.25, -0.2) is 8.42 Å². The molecule has 3 rings (SSSR count). The Morgan fingerprint density at radius 3 is 2.50 bits per heavy atom. The van der Waals surface area contributed by atoms with Crippen LogP contribution in [0.3, 0.4) is 0 Å². The topological polar surface area (TPSA) is 89.3 Å². The molecule has 1 heterocycles. The summed E-state index contributed by atoms with van der Waals surface area (Å²) < 4.78 is 28.8. The first kappa shape index (κ1) is 18.2. The van der Waals surface area contributed by atoms with E-state index >= 15 is 0 Å². The summed E-state index contributed by atoms with van der Waals surface area (Å²) in [6.07, 6.45) is 1.12. The van der Waals surface area contributed by atoms with E-state index in [0.29, 0.717) is 22.0 Å². The van der Waals surface area contributed by atoms with Gasteiger partial charge >= 0.3 is 0 Å². The van der Waals surface area contributed by atoms with Gasteiger partial charge in [0.05, 0.1) is 4.90 Å². The Labute approximate surface area is 155 Å². The first-order valence-electron chi connectivity index (χ1n) is 7.59. The molecule has 1 amide bonds. The van der Waals surface area contributed by atoms with E-state index in [1.165, 1.54) is 12.1 Å². The van der Waals surface area contributed by atoms with Crippen LogP contribution in [0.5, 0.6) is 0 Å². The number of hydrogen-bond acceptors (Lipinski definition) is 5. The molecule has 0 unspecified atom stereocenters. The Morgan fingerprint density at radius 2 is 1.85 bits per heavy atom. The Morgan fingerprint density at radius 1 is 1.15 bits per heavy atom. The van der Waals surface area contributed by atoms with Crippen LogP contribution < -0.4 is 5.32 Å². The van der Waals surface area contributed by atoms with Crippen molar-refractivity contribution in [2.75, 3.05) is 11.6 Å². The second-order valence-electron chi connectivity index (χ2n) is 5.74. The van der Waals surface area contributed by atoms with Gasteiger partial charge in [0.1, 0.15) is 0 Å². The van der Waals surface area contributed by atoms with Gasteiger partial charge in [-0.3, -0.25) is 4.79 Å². The molecule has 1 aromatic heterocycles. The molecule has 0 aliphatic rings. The quantitative estimate of drug-likeness (QED) is 0.728. The van der Waals surface area contributed by atoms with Gasteiger partial charge in [-0.1, -0.05) is 22.8 Å². The summed E-state index contributed by atoms with van der Waals surface area (Å²) in [7, 11) is -3.39. The van der Waals surface area contributed by atoms with E-state index in [4.69, 9.17) is 16.1 Å². The maximum Gasteiger partial charge on any atom is 0.277 e. The highest BCUT2D eigenvalue weighted by molar-refractivity contribution is 7.90. The third-order valence-electron chi connectivity index (χ3n) is 3.80. The Kier molecular flexibility index (Phi) is 4.84. The molecule has 0 saturated carbocycles. The minimum atomic E-state index is -3.39. The maximum absolute atomic E-state index is 12.4. The lowest BCUT2D eigenvalue weighted by Crippen LogP contribution is -2.14. The first-order chi connectivity index (χ1) is 12.3. The molecule has 2 aromatic carbocycles. The molecule has 6 nitrogen and oxygen atoms in total. The van der Waals surface area contributed by atoms with Crippen LogP contribution in [-0.2, 0) is 9.84 Å². The zero-order chi connectivity index (χ0) is 18.9. The molecule has 134 valence electrons. The van der Waals surface area contributed by atoms with Gasteiger partial charge in [0.2, 0.25) is 0 Å². The van der Waals surface area contributed by atoms with Crippen LogP contribution in [-0.4, -0.2) is 25.7 Å². The average molecular weight is 391 g/mol. The lowest BCUT2D eigenvalue weighted by molar-refractivity contribution is 0.101. The van der Waals surface area contributed by atoms with E-state index in [2.05, 4.69) is 10.5 Å². The lowest BCUT2D eigenvalue weighted by atomic mass is 10.1. The number of halogens is 1. The molecule has 0 fully saturated rings. The van der Waals surface area contributed by atoms with E-state index in [1.54, 1.807) is 43.3 Å². The van der Waals surface area contributed by atoms with Gasteiger partial charge < -0.3 is 9.84 Å². The third-order valence-corrected chi connectivity index (χ3v) is 5.30. The van der Waals surface area contributed by atoms with Crippen molar-refractivity contribution in [3.05, 3.63) is 64.8 Å². The van der Waals surface area contributed by atoms with Crippen molar-refractivity contribution in [1.82, 2.24) is 5.16 Å². The Bertz CT molecular complexity index is 1070. The van der Waals surface area contributed by atoms with E-state index in [1.807, 2.05) is 0 Å². The molecule has 3 aromatic rings. The summed E-state index contributed by atoms with van der Waals surface area (Å²) in [5.41, 5.74) is 1.68. The van der Waals surface area contributed by atoms with Crippen molar-refractivity contribution in [3.8, 4) is 11.3 Å². The minimum Gasteiger partial charge on any atom is -0.355 e. The summed E-state index contributed by atoms with van der Waals surface area (Å²) in [4.78, 5) is 12.6. The molecule has 1 N–H and O–H groups in total. The van der Waals surface area contributed by atoms with Gasteiger partial charge in [0.15, 0.2) is 21.3 Å². The SMILES string of the molecule is Cc1c(NC(=O)c2cc(-c3ccc(Cl)cc3)on2)cccc1S(C)(=O)=O. The van der Waals surface area contributed by atoms with Gasteiger partial charge in [0, 0.05) is 28.6 Å². The normalized spacial score (nSPS) is 11.3. The Hall–Kier alpha value is -2.64. The largest absolute Gasteiger partial charge is 0.355 e. The van der Waals surface area contributed by atoms with E-state index in [9.17, 15) is 13.2 Å². The molecule has 0 aliphatic heterocycles. The van der Waals surface area contributed by atoms with Gasteiger partial charge in [-0.15, -0.1) is 0 Å². The number of carbonyl (C=O) groups is 1. The fourth-order valence-electron chi connectivity index (χ4n) is 2.47. The van der Waals surface area contributed by atoms with Crippen molar-refractivity contribution >= 4 is 33.0 Å². The summed E-state index contributed by atoms with van der Waals surface area (Å²) in [6, 6.07) is 13.1. The monoisotopic (exact) mass is 390 g/mol. The van der Waals surface area contributed by atoms with Crippen molar-refractivity contribution in [3.63, 3.8) is 0 Å². The van der Waals surface area contributed by atoms with Gasteiger partial charge in [0.25, 0.3) is 5.91 Å². The first-order valence-corrected chi connectivity index (χ1v) is 9.86. The third kappa shape index (κ3) is 3.79. The van der Waals surface area contributed by atoms with Crippen molar-refractivity contribution in [2.45, 2.75) is 11.8 Å². The minimum absolute atomic E-state index is 0.0825. The molecule has 0 saturated heterocycles. The van der Waals surface area contributed by atoms with Crippen molar-refractivity contribution < 1.29 is 17.7 Å². The number of benzene rings is 2. The number of carbonyl (C=O) groups excluding carboxylic acids is 1. The number of nitrogens with zero attached hydrogens (tertiary/aromatic N) is 1. The summed E-state index contributed by atoms with van der Waals surface area (Å²) in [5, 5.41) is 7.03. The van der Waals surface area contributed by atoms with Crippen LogP contribution in [0.2, 0.25) is 5.02 Å². The molecular formula is C18H15ClN2O4S. The van der Waals surface area contributed by atoms with Gasteiger partial charge in [-0.05, 0) is 48.9 Å². The Balaban J connectivity index is 1.85. The van der Waals surface area contributed by atoms with Crippen LogP contribution in [0.15, 0.2) is 57.9 Å². The fraction of sp³-hybridized carbons (Fsp3) is 0.111. The van der Waals surface area contributed by atoms with Crippen LogP contribution in [0.1, 0.15) is 16.1 Å². The van der Waals surface area contributed by atoms with Crippen molar-refractivity contribution in [2.24, 2.45) is 0 Å². The molecule has 0 radical (unpaired) electrons. The van der Waals surface area contributed by atoms with Crippen molar-refractivity contribution in [1.29, 1.82) is 0 Å². The van der Waals surface area contributed by atoms with Crippen LogP contribution >= 0.6 is 11.6 Å². The standard InChI is InChI=1S/C18H15ClN2O4S/c1-11-14(4-3-5-17(11)26(2,23)24)20-18(22)15-10-16(25-21-15)12-6-8-13(19)9-7-12/h3-10H,1-2H3,(H,20,22). The molecule has 0 spiro atoms. The molecule has 8 heteroatoms. The number of aromatic nitrogens is 1.